The molecule has 8 heteroatoms. The number of methoxy groups -OCH3 is 1. The smallest absolute Gasteiger partial charge is 0.404 e. The third-order valence-corrected chi connectivity index (χ3v) is 3.65. The Bertz CT molecular complexity index is 554. The van der Waals surface area contributed by atoms with Gasteiger partial charge in [-0.25, -0.2) is 4.79 Å². The first kappa shape index (κ1) is 15.9. The molecule has 1 aromatic carbocycles. The molecule has 0 aliphatic heterocycles. The van der Waals surface area contributed by atoms with Gasteiger partial charge in [-0.15, -0.1) is 0 Å². The standard InChI is InChI=1S/C14H18N2O6/c1-21-12-7-4-10(16(19)20)8-13(12)22-11-5-2-9(3-6-11)15-14(17)18/h4,7-9,11,15H,2-3,5-6H2,1H3,(H,17,18)/t9-,11-. The molecule has 0 aromatic heterocycles. The summed E-state index contributed by atoms with van der Waals surface area (Å²) in [6.07, 6.45) is 1.57. The van der Waals surface area contributed by atoms with Crippen molar-refractivity contribution in [1.82, 2.24) is 5.32 Å². The van der Waals surface area contributed by atoms with Gasteiger partial charge in [-0.05, 0) is 31.7 Å². The maximum Gasteiger partial charge on any atom is 0.404 e. The molecule has 0 heterocycles. The van der Waals surface area contributed by atoms with Crippen LogP contribution in [0.2, 0.25) is 0 Å². The maximum absolute atomic E-state index is 10.8. The van der Waals surface area contributed by atoms with E-state index in [0.29, 0.717) is 37.2 Å². The van der Waals surface area contributed by atoms with Crippen LogP contribution in [0.5, 0.6) is 11.5 Å². The number of non-ortho nitro benzene ring substituents is 1. The molecule has 1 aliphatic carbocycles. The molecule has 1 aromatic rings. The van der Waals surface area contributed by atoms with Gasteiger partial charge in [-0.2, -0.15) is 0 Å². The molecular formula is C14H18N2O6. The molecule has 0 bridgehead atoms. The highest BCUT2D eigenvalue weighted by molar-refractivity contribution is 5.64. The first-order valence-corrected chi connectivity index (χ1v) is 6.98. The largest absolute Gasteiger partial charge is 0.493 e. The zero-order valence-electron chi connectivity index (χ0n) is 12.2. The average molecular weight is 310 g/mol. The lowest BCUT2D eigenvalue weighted by Crippen LogP contribution is -2.38. The number of benzene rings is 1. The Morgan fingerprint density at radius 3 is 2.55 bits per heavy atom. The van der Waals surface area contributed by atoms with Crippen molar-refractivity contribution in [3.63, 3.8) is 0 Å². The molecule has 1 aliphatic rings. The second-order valence-corrected chi connectivity index (χ2v) is 5.13. The summed E-state index contributed by atoms with van der Waals surface area (Å²) in [7, 11) is 1.47. The van der Waals surface area contributed by atoms with Crippen LogP contribution >= 0.6 is 0 Å². The summed E-state index contributed by atoms with van der Waals surface area (Å²) in [5.41, 5.74) is -0.0583. The highest BCUT2D eigenvalue weighted by Gasteiger charge is 2.25. The SMILES string of the molecule is COc1ccc([N+](=O)[O-])cc1O[C@H]1CC[C@H](NC(=O)O)CC1. The molecule has 0 spiro atoms. The van der Waals surface area contributed by atoms with E-state index >= 15 is 0 Å². The Hall–Kier alpha value is -2.51. The summed E-state index contributed by atoms with van der Waals surface area (Å²) in [6, 6.07) is 4.15. The van der Waals surface area contributed by atoms with Gasteiger partial charge in [0.25, 0.3) is 5.69 Å². The number of hydrogen-bond donors (Lipinski definition) is 2. The third-order valence-electron chi connectivity index (χ3n) is 3.65. The summed E-state index contributed by atoms with van der Waals surface area (Å²) >= 11 is 0. The van der Waals surface area contributed by atoms with Gasteiger partial charge in [0.05, 0.1) is 24.2 Å². The van der Waals surface area contributed by atoms with Crippen molar-refractivity contribution < 1.29 is 24.3 Å². The van der Waals surface area contributed by atoms with Gasteiger partial charge in [-0.1, -0.05) is 0 Å². The maximum atomic E-state index is 10.8. The number of nitrogens with one attached hydrogen (secondary N) is 1. The minimum Gasteiger partial charge on any atom is -0.493 e. The number of rotatable bonds is 5. The number of nitro groups is 1. The molecule has 1 amide bonds. The lowest BCUT2D eigenvalue weighted by molar-refractivity contribution is -0.385. The van der Waals surface area contributed by atoms with E-state index in [-0.39, 0.29) is 17.8 Å². The van der Waals surface area contributed by atoms with Crippen molar-refractivity contribution in [1.29, 1.82) is 0 Å². The predicted molar refractivity (Wildman–Crippen MR) is 77.5 cm³/mol. The zero-order chi connectivity index (χ0) is 16.1. The van der Waals surface area contributed by atoms with Gasteiger partial charge in [0, 0.05) is 12.1 Å². The topological polar surface area (TPSA) is 111 Å². The van der Waals surface area contributed by atoms with Crippen LogP contribution in [-0.2, 0) is 0 Å². The van der Waals surface area contributed by atoms with E-state index in [9.17, 15) is 14.9 Å². The Kier molecular flexibility index (Phi) is 5.03. The van der Waals surface area contributed by atoms with Crippen LogP contribution in [0, 0.1) is 10.1 Å². The summed E-state index contributed by atoms with van der Waals surface area (Å²) in [4.78, 5) is 21.0. The minimum atomic E-state index is -1.02. The van der Waals surface area contributed by atoms with Crippen molar-refractivity contribution >= 4 is 11.8 Å². The van der Waals surface area contributed by atoms with Crippen molar-refractivity contribution in [2.45, 2.75) is 37.8 Å². The summed E-state index contributed by atoms with van der Waals surface area (Å²) in [5.74, 6) is 0.780. The molecule has 2 rings (SSSR count). The van der Waals surface area contributed by atoms with E-state index in [2.05, 4.69) is 5.32 Å². The number of hydrogen-bond acceptors (Lipinski definition) is 5. The highest BCUT2D eigenvalue weighted by Crippen LogP contribution is 2.34. The number of nitrogens with zero attached hydrogens (tertiary/aromatic N) is 1. The Balaban J connectivity index is 2.00. The first-order valence-electron chi connectivity index (χ1n) is 6.98. The van der Waals surface area contributed by atoms with Crippen LogP contribution < -0.4 is 14.8 Å². The molecule has 8 nitrogen and oxygen atoms in total. The van der Waals surface area contributed by atoms with E-state index < -0.39 is 11.0 Å². The van der Waals surface area contributed by atoms with E-state index in [1.807, 2.05) is 0 Å². The number of amides is 1. The van der Waals surface area contributed by atoms with Crippen molar-refractivity contribution in [3.05, 3.63) is 28.3 Å². The third kappa shape index (κ3) is 4.00. The van der Waals surface area contributed by atoms with E-state index in [1.54, 1.807) is 0 Å². The predicted octanol–water partition coefficient (Wildman–Crippen LogP) is 2.56. The summed E-state index contributed by atoms with van der Waals surface area (Å²) in [6.45, 7) is 0. The number of carboxylic acid groups (broad SMARTS) is 1. The zero-order valence-corrected chi connectivity index (χ0v) is 12.2. The van der Waals surface area contributed by atoms with Gasteiger partial charge in [0.15, 0.2) is 11.5 Å². The van der Waals surface area contributed by atoms with Crippen LogP contribution in [0.1, 0.15) is 25.7 Å². The number of ether oxygens (including phenoxy) is 2. The molecule has 1 fully saturated rings. The second-order valence-electron chi connectivity index (χ2n) is 5.13. The quantitative estimate of drug-likeness (QED) is 0.638. The molecular weight excluding hydrogens is 292 g/mol. The normalized spacial score (nSPS) is 21.0. The van der Waals surface area contributed by atoms with Crippen LogP contribution in [-0.4, -0.2) is 35.4 Å². The average Bonchev–Trinajstić information content (AvgIpc) is 2.48. The molecule has 120 valence electrons. The van der Waals surface area contributed by atoms with Crippen molar-refractivity contribution in [2.24, 2.45) is 0 Å². The molecule has 1 saturated carbocycles. The van der Waals surface area contributed by atoms with Crippen LogP contribution in [0.25, 0.3) is 0 Å². The molecule has 0 saturated heterocycles. The van der Waals surface area contributed by atoms with Crippen LogP contribution in [0.3, 0.4) is 0 Å². The summed E-state index contributed by atoms with van der Waals surface area (Å²) in [5, 5.41) is 22.0. The minimum absolute atomic E-state index is 0.0583. The van der Waals surface area contributed by atoms with Gasteiger partial charge >= 0.3 is 6.09 Å². The Morgan fingerprint density at radius 1 is 1.32 bits per heavy atom. The summed E-state index contributed by atoms with van der Waals surface area (Å²) < 4.78 is 11.0. The van der Waals surface area contributed by atoms with Crippen molar-refractivity contribution in [2.75, 3.05) is 7.11 Å². The lowest BCUT2D eigenvalue weighted by Gasteiger charge is -2.29. The second kappa shape index (κ2) is 6.97. The van der Waals surface area contributed by atoms with E-state index in [4.69, 9.17) is 14.6 Å². The van der Waals surface area contributed by atoms with Crippen molar-refractivity contribution in [3.8, 4) is 11.5 Å². The highest BCUT2D eigenvalue weighted by atomic mass is 16.6. The lowest BCUT2D eigenvalue weighted by atomic mass is 9.93. The molecule has 0 unspecified atom stereocenters. The van der Waals surface area contributed by atoms with Crippen LogP contribution in [0.15, 0.2) is 18.2 Å². The van der Waals surface area contributed by atoms with Crippen LogP contribution in [0.4, 0.5) is 10.5 Å². The van der Waals surface area contributed by atoms with Gasteiger partial charge < -0.3 is 19.9 Å². The van der Waals surface area contributed by atoms with E-state index in [1.165, 1.54) is 25.3 Å². The Labute approximate surface area is 127 Å². The molecule has 22 heavy (non-hydrogen) atoms. The monoisotopic (exact) mass is 310 g/mol. The van der Waals surface area contributed by atoms with Gasteiger partial charge in [0.2, 0.25) is 0 Å². The fourth-order valence-electron chi connectivity index (χ4n) is 2.55. The van der Waals surface area contributed by atoms with Gasteiger partial charge in [-0.3, -0.25) is 10.1 Å². The fourth-order valence-corrected chi connectivity index (χ4v) is 2.55. The Morgan fingerprint density at radius 2 is 2.00 bits per heavy atom. The first-order chi connectivity index (χ1) is 10.5. The van der Waals surface area contributed by atoms with E-state index in [0.717, 1.165) is 0 Å². The molecule has 0 radical (unpaired) electrons. The number of carbonyl (C=O) groups is 1. The molecule has 2 N–H and O–H groups in total. The number of nitro benzene ring substituents is 1. The molecule has 0 atom stereocenters. The van der Waals surface area contributed by atoms with Gasteiger partial charge in [0.1, 0.15) is 0 Å². The fraction of sp³-hybridized carbons (Fsp3) is 0.500.